The Morgan fingerprint density at radius 3 is 2.82 bits per heavy atom. The highest BCUT2D eigenvalue weighted by molar-refractivity contribution is 5.94. The number of rotatable bonds is 6. The Hall–Kier alpha value is -1.62. The maximum Gasteiger partial charge on any atom is 0.337 e. The minimum Gasteiger partial charge on any atom is -0.478 e. The number of benzene rings is 1. The molecule has 2 N–H and O–H groups in total. The second-order valence-electron chi connectivity index (χ2n) is 3.84. The highest BCUT2D eigenvalue weighted by atomic mass is 19.1. The van der Waals surface area contributed by atoms with Crippen LogP contribution in [0.1, 0.15) is 24.2 Å². The van der Waals surface area contributed by atoms with E-state index < -0.39 is 11.8 Å². The Bertz CT molecular complexity index is 393. The minimum atomic E-state index is -1.16. The van der Waals surface area contributed by atoms with Crippen molar-refractivity contribution in [3.8, 4) is 0 Å². The molecule has 0 radical (unpaired) electrons. The number of aromatic carboxylic acids is 1. The zero-order valence-electron chi connectivity index (χ0n) is 9.87. The molecule has 17 heavy (non-hydrogen) atoms. The summed E-state index contributed by atoms with van der Waals surface area (Å²) in [5.41, 5.74) is 0.320. The molecule has 94 valence electrons. The second-order valence-corrected chi connectivity index (χ2v) is 3.84. The van der Waals surface area contributed by atoms with Crippen LogP contribution >= 0.6 is 0 Å². The van der Waals surface area contributed by atoms with E-state index >= 15 is 0 Å². The Morgan fingerprint density at radius 2 is 2.24 bits per heavy atom. The summed E-state index contributed by atoms with van der Waals surface area (Å²) in [6.07, 6.45) is 0.129. The van der Waals surface area contributed by atoms with Crippen molar-refractivity contribution in [2.45, 2.75) is 20.0 Å². The smallest absolute Gasteiger partial charge is 0.337 e. The number of anilines is 1. The number of carboxylic acid groups (broad SMARTS) is 1. The van der Waals surface area contributed by atoms with E-state index in [0.29, 0.717) is 18.8 Å². The zero-order valence-corrected chi connectivity index (χ0v) is 9.87. The molecule has 0 saturated carbocycles. The molecule has 0 amide bonds. The molecule has 4 nitrogen and oxygen atoms in total. The van der Waals surface area contributed by atoms with Crippen molar-refractivity contribution in [1.82, 2.24) is 0 Å². The number of halogens is 1. The third-order valence-corrected chi connectivity index (χ3v) is 2.08. The summed E-state index contributed by atoms with van der Waals surface area (Å²) in [4.78, 5) is 10.9. The predicted octanol–water partition coefficient (Wildman–Crippen LogP) is 2.36. The Kier molecular flexibility index (Phi) is 4.90. The van der Waals surface area contributed by atoms with Gasteiger partial charge in [0.15, 0.2) is 0 Å². The molecule has 1 aromatic rings. The normalized spacial score (nSPS) is 10.6. The quantitative estimate of drug-likeness (QED) is 0.751. The fourth-order valence-corrected chi connectivity index (χ4v) is 1.33. The summed E-state index contributed by atoms with van der Waals surface area (Å²) in [7, 11) is 0. The molecular formula is C12H16FNO3. The van der Waals surface area contributed by atoms with Gasteiger partial charge in [-0.3, -0.25) is 0 Å². The first-order valence-corrected chi connectivity index (χ1v) is 5.39. The predicted molar refractivity (Wildman–Crippen MR) is 62.9 cm³/mol. The average molecular weight is 241 g/mol. The Morgan fingerprint density at radius 1 is 1.53 bits per heavy atom. The van der Waals surface area contributed by atoms with Crippen molar-refractivity contribution >= 4 is 11.7 Å². The van der Waals surface area contributed by atoms with Crippen molar-refractivity contribution in [3.05, 3.63) is 29.6 Å². The first-order valence-electron chi connectivity index (χ1n) is 5.39. The van der Waals surface area contributed by atoms with E-state index in [2.05, 4.69) is 5.32 Å². The monoisotopic (exact) mass is 241 g/mol. The lowest BCUT2D eigenvalue weighted by Crippen LogP contribution is -2.15. The number of carboxylic acids is 1. The number of carbonyl (C=O) groups is 1. The fraction of sp³-hybridized carbons (Fsp3) is 0.417. The first-order chi connectivity index (χ1) is 8.00. The van der Waals surface area contributed by atoms with Crippen molar-refractivity contribution in [2.24, 2.45) is 0 Å². The lowest BCUT2D eigenvalue weighted by molar-refractivity contribution is 0.0696. The van der Waals surface area contributed by atoms with Crippen LogP contribution in [0, 0.1) is 5.82 Å². The molecule has 0 saturated heterocycles. The lowest BCUT2D eigenvalue weighted by atomic mass is 10.1. The standard InChI is InChI=1S/C12H16FNO3/c1-8(2)17-6-5-14-11-4-3-9(13)7-10(11)12(15)16/h3-4,7-8,14H,5-6H2,1-2H3,(H,15,16). The molecule has 1 aromatic carbocycles. The van der Waals surface area contributed by atoms with E-state index in [1.165, 1.54) is 12.1 Å². The van der Waals surface area contributed by atoms with Gasteiger partial charge in [-0.15, -0.1) is 0 Å². The molecular weight excluding hydrogens is 225 g/mol. The van der Waals surface area contributed by atoms with Gasteiger partial charge in [-0.05, 0) is 32.0 Å². The van der Waals surface area contributed by atoms with Crippen molar-refractivity contribution in [1.29, 1.82) is 0 Å². The maximum absolute atomic E-state index is 12.9. The highest BCUT2D eigenvalue weighted by Crippen LogP contribution is 2.16. The van der Waals surface area contributed by atoms with E-state index in [1.807, 2.05) is 13.8 Å². The first kappa shape index (κ1) is 13.4. The molecule has 0 aliphatic heterocycles. The van der Waals surface area contributed by atoms with Crippen LogP contribution < -0.4 is 5.32 Å². The summed E-state index contributed by atoms with van der Waals surface area (Å²) < 4.78 is 18.2. The molecule has 5 heteroatoms. The van der Waals surface area contributed by atoms with Crippen LogP contribution in [0.25, 0.3) is 0 Å². The molecule has 0 heterocycles. The summed E-state index contributed by atoms with van der Waals surface area (Å²) in [6.45, 7) is 4.78. The van der Waals surface area contributed by atoms with Gasteiger partial charge in [0.2, 0.25) is 0 Å². The van der Waals surface area contributed by atoms with Crippen molar-refractivity contribution in [2.75, 3.05) is 18.5 Å². The van der Waals surface area contributed by atoms with Crippen molar-refractivity contribution < 1.29 is 19.0 Å². The third-order valence-electron chi connectivity index (χ3n) is 2.08. The molecule has 0 atom stereocenters. The van der Waals surface area contributed by atoms with Gasteiger partial charge in [0.25, 0.3) is 0 Å². The minimum absolute atomic E-state index is 0.0745. The molecule has 0 fully saturated rings. The number of hydrogen-bond acceptors (Lipinski definition) is 3. The SMILES string of the molecule is CC(C)OCCNc1ccc(F)cc1C(=O)O. The highest BCUT2D eigenvalue weighted by Gasteiger charge is 2.10. The second kappa shape index (κ2) is 6.20. The zero-order chi connectivity index (χ0) is 12.8. The van der Waals surface area contributed by atoms with Crippen LogP contribution in [0.3, 0.4) is 0 Å². The van der Waals surface area contributed by atoms with E-state index in [-0.39, 0.29) is 11.7 Å². The molecule has 0 unspecified atom stereocenters. The topological polar surface area (TPSA) is 58.6 Å². The summed E-state index contributed by atoms with van der Waals surface area (Å²) >= 11 is 0. The van der Waals surface area contributed by atoms with Gasteiger partial charge < -0.3 is 15.2 Å². The maximum atomic E-state index is 12.9. The summed E-state index contributed by atoms with van der Waals surface area (Å²) in [6, 6.07) is 3.63. The van der Waals surface area contributed by atoms with E-state index in [1.54, 1.807) is 0 Å². The van der Waals surface area contributed by atoms with Gasteiger partial charge in [0, 0.05) is 12.2 Å². The molecule has 0 aliphatic rings. The van der Waals surface area contributed by atoms with Crippen LogP contribution in [0.5, 0.6) is 0 Å². The molecule has 0 aliphatic carbocycles. The summed E-state index contributed by atoms with van der Waals surface area (Å²) in [5.74, 6) is -1.72. The van der Waals surface area contributed by atoms with Gasteiger partial charge in [-0.25, -0.2) is 9.18 Å². The van der Waals surface area contributed by atoms with E-state index in [9.17, 15) is 9.18 Å². The van der Waals surface area contributed by atoms with Crippen molar-refractivity contribution in [3.63, 3.8) is 0 Å². The Labute approximate surface area is 99.4 Å². The van der Waals surface area contributed by atoms with Gasteiger partial charge in [0.05, 0.1) is 18.3 Å². The van der Waals surface area contributed by atoms with Gasteiger partial charge in [-0.2, -0.15) is 0 Å². The van der Waals surface area contributed by atoms with Crippen LogP contribution in [-0.2, 0) is 4.74 Å². The molecule has 0 spiro atoms. The van der Waals surface area contributed by atoms with Crippen LogP contribution in [0.4, 0.5) is 10.1 Å². The Balaban J connectivity index is 2.61. The molecule has 0 bridgehead atoms. The van der Waals surface area contributed by atoms with Crippen LogP contribution in [-0.4, -0.2) is 30.3 Å². The van der Waals surface area contributed by atoms with E-state index in [4.69, 9.17) is 9.84 Å². The molecule has 0 aromatic heterocycles. The average Bonchev–Trinajstić information content (AvgIpc) is 2.25. The van der Waals surface area contributed by atoms with Gasteiger partial charge in [-0.1, -0.05) is 0 Å². The van der Waals surface area contributed by atoms with Gasteiger partial charge in [0.1, 0.15) is 5.82 Å². The largest absolute Gasteiger partial charge is 0.478 e. The number of hydrogen-bond donors (Lipinski definition) is 2. The fourth-order valence-electron chi connectivity index (χ4n) is 1.33. The number of nitrogens with one attached hydrogen (secondary N) is 1. The van der Waals surface area contributed by atoms with Crippen LogP contribution in [0.15, 0.2) is 18.2 Å². The lowest BCUT2D eigenvalue weighted by Gasteiger charge is -2.11. The summed E-state index contributed by atoms with van der Waals surface area (Å²) in [5, 5.41) is 11.8. The van der Waals surface area contributed by atoms with E-state index in [0.717, 1.165) is 6.07 Å². The van der Waals surface area contributed by atoms with Crippen LogP contribution in [0.2, 0.25) is 0 Å². The molecule has 1 rings (SSSR count). The number of ether oxygens (including phenoxy) is 1. The van der Waals surface area contributed by atoms with Gasteiger partial charge >= 0.3 is 5.97 Å². The third kappa shape index (κ3) is 4.40.